The monoisotopic (exact) mass is 487 g/mol. The molecule has 3 aromatic carbocycles. The number of carboxylic acids is 1. The maximum atomic E-state index is 12.4. The summed E-state index contributed by atoms with van der Waals surface area (Å²) in [5, 5.41) is 22.3. The van der Waals surface area contributed by atoms with Gasteiger partial charge in [-0.05, 0) is 42.5 Å². The summed E-state index contributed by atoms with van der Waals surface area (Å²) in [4.78, 5) is 23.7. The van der Waals surface area contributed by atoms with Gasteiger partial charge in [0.05, 0.1) is 24.6 Å². The number of nitrogens with one attached hydrogen (secondary N) is 1. The Morgan fingerprint density at radius 3 is 2.46 bits per heavy atom. The first-order valence-electron chi connectivity index (χ1n) is 10.5. The van der Waals surface area contributed by atoms with Crippen molar-refractivity contribution in [3.63, 3.8) is 0 Å². The van der Waals surface area contributed by atoms with Crippen LogP contribution in [0.5, 0.6) is 5.75 Å². The van der Waals surface area contributed by atoms with Gasteiger partial charge in [0.2, 0.25) is 0 Å². The molecule has 0 unspecified atom stereocenters. The van der Waals surface area contributed by atoms with Crippen molar-refractivity contribution >= 4 is 29.9 Å². The van der Waals surface area contributed by atoms with Crippen molar-refractivity contribution < 1.29 is 19.4 Å². The van der Waals surface area contributed by atoms with Gasteiger partial charge in [0.1, 0.15) is 5.75 Å². The number of thioether (sulfide) groups is 1. The standard InChI is InChI=1S/C25H21N5O4S/c1-34-20-13-11-17(12-14-20)23-28-29-25(30(23)19-8-3-2-4-9-19)35-16-22(31)27-26-15-18-7-5-6-10-21(18)24(32)33/h2-15H,16H2,1H3,(H,27,31)(H,32,33)/b26-15+. The Bertz CT molecular complexity index is 1350. The fourth-order valence-corrected chi connectivity index (χ4v) is 3.99. The lowest BCUT2D eigenvalue weighted by Crippen LogP contribution is -2.20. The van der Waals surface area contributed by atoms with E-state index in [1.165, 1.54) is 24.0 Å². The van der Waals surface area contributed by atoms with Crippen molar-refractivity contribution in [3.8, 4) is 22.8 Å². The fraction of sp³-hybridized carbons (Fsp3) is 0.0800. The summed E-state index contributed by atoms with van der Waals surface area (Å²) < 4.78 is 7.12. The lowest BCUT2D eigenvalue weighted by Gasteiger charge is -2.10. The van der Waals surface area contributed by atoms with Gasteiger partial charge < -0.3 is 9.84 Å². The van der Waals surface area contributed by atoms with Crippen LogP contribution in [0.4, 0.5) is 0 Å². The molecule has 0 atom stereocenters. The Kier molecular flexibility index (Phi) is 7.53. The number of benzene rings is 3. The molecule has 0 aliphatic carbocycles. The third-order valence-electron chi connectivity index (χ3n) is 4.91. The van der Waals surface area contributed by atoms with Crippen LogP contribution < -0.4 is 10.2 Å². The summed E-state index contributed by atoms with van der Waals surface area (Å²) in [6, 6.07) is 23.5. The molecule has 9 nitrogen and oxygen atoms in total. The van der Waals surface area contributed by atoms with Gasteiger partial charge in [0.25, 0.3) is 5.91 Å². The van der Waals surface area contributed by atoms with E-state index in [-0.39, 0.29) is 17.2 Å². The molecule has 0 bridgehead atoms. The molecule has 2 N–H and O–H groups in total. The minimum atomic E-state index is -1.07. The van der Waals surface area contributed by atoms with E-state index in [4.69, 9.17) is 4.74 Å². The second kappa shape index (κ2) is 11.1. The van der Waals surface area contributed by atoms with Gasteiger partial charge in [-0.15, -0.1) is 10.2 Å². The minimum absolute atomic E-state index is 0.0332. The number of amides is 1. The van der Waals surface area contributed by atoms with Crippen LogP contribution in [0, 0.1) is 0 Å². The molecule has 0 saturated heterocycles. The second-order valence-corrected chi connectivity index (χ2v) is 8.12. The summed E-state index contributed by atoms with van der Waals surface area (Å²) >= 11 is 1.21. The summed E-state index contributed by atoms with van der Waals surface area (Å²) in [5.74, 6) is -0.0391. The molecule has 1 aromatic heterocycles. The number of hydrazone groups is 1. The Hall–Kier alpha value is -4.44. The van der Waals surface area contributed by atoms with E-state index in [1.807, 2.05) is 59.2 Å². The first-order chi connectivity index (χ1) is 17.1. The number of ether oxygens (including phenoxy) is 1. The van der Waals surface area contributed by atoms with Crippen LogP contribution in [0.2, 0.25) is 0 Å². The molecule has 35 heavy (non-hydrogen) atoms. The van der Waals surface area contributed by atoms with Crippen LogP contribution in [0.3, 0.4) is 0 Å². The molecule has 4 aromatic rings. The molecule has 1 amide bonds. The first-order valence-corrected chi connectivity index (χ1v) is 11.5. The highest BCUT2D eigenvalue weighted by molar-refractivity contribution is 7.99. The number of hydrogen-bond acceptors (Lipinski definition) is 7. The third-order valence-corrected chi connectivity index (χ3v) is 5.84. The zero-order valence-electron chi connectivity index (χ0n) is 18.7. The van der Waals surface area contributed by atoms with Crippen LogP contribution in [-0.2, 0) is 4.79 Å². The molecule has 0 fully saturated rings. The molecule has 0 radical (unpaired) electrons. The van der Waals surface area contributed by atoms with E-state index in [2.05, 4.69) is 20.7 Å². The van der Waals surface area contributed by atoms with E-state index >= 15 is 0 Å². The molecule has 0 aliphatic heterocycles. The SMILES string of the molecule is COc1ccc(-c2nnc(SCC(=O)N/N=C/c3ccccc3C(=O)O)n2-c2ccccc2)cc1. The summed E-state index contributed by atoms with van der Waals surface area (Å²) in [6.45, 7) is 0. The van der Waals surface area contributed by atoms with Crippen LogP contribution >= 0.6 is 11.8 Å². The van der Waals surface area contributed by atoms with E-state index in [9.17, 15) is 14.7 Å². The Labute approximate surface area is 205 Å². The van der Waals surface area contributed by atoms with E-state index in [1.54, 1.807) is 25.3 Å². The molecule has 0 saturated carbocycles. The van der Waals surface area contributed by atoms with Crippen molar-refractivity contribution in [2.75, 3.05) is 12.9 Å². The molecular weight excluding hydrogens is 466 g/mol. The zero-order chi connectivity index (χ0) is 24.6. The number of nitrogens with zero attached hydrogens (tertiary/aromatic N) is 4. The molecular formula is C25H21N5O4S. The molecule has 1 heterocycles. The molecule has 176 valence electrons. The Balaban J connectivity index is 1.50. The molecule has 0 aliphatic rings. The van der Waals surface area contributed by atoms with Crippen LogP contribution in [0.15, 0.2) is 89.1 Å². The quantitative estimate of drug-likeness (QED) is 0.209. The number of para-hydroxylation sites is 1. The van der Waals surface area contributed by atoms with Gasteiger partial charge in [-0.1, -0.05) is 48.2 Å². The number of methoxy groups -OCH3 is 1. The second-order valence-electron chi connectivity index (χ2n) is 7.18. The van der Waals surface area contributed by atoms with Crippen molar-refractivity contribution in [1.82, 2.24) is 20.2 Å². The summed E-state index contributed by atoms with van der Waals surface area (Å²) in [6.07, 6.45) is 1.31. The largest absolute Gasteiger partial charge is 0.497 e. The number of rotatable bonds is 9. The maximum Gasteiger partial charge on any atom is 0.336 e. The number of carbonyl (C=O) groups is 2. The Morgan fingerprint density at radius 1 is 1.03 bits per heavy atom. The minimum Gasteiger partial charge on any atom is -0.497 e. The number of aromatic carboxylic acids is 1. The lowest BCUT2D eigenvalue weighted by atomic mass is 10.1. The Morgan fingerprint density at radius 2 is 1.74 bits per heavy atom. The summed E-state index contributed by atoms with van der Waals surface area (Å²) in [7, 11) is 1.61. The van der Waals surface area contributed by atoms with Crippen molar-refractivity contribution in [3.05, 3.63) is 90.0 Å². The van der Waals surface area contributed by atoms with Crippen molar-refractivity contribution in [2.45, 2.75) is 5.16 Å². The highest BCUT2D eigenvalue weighted by atomic mass is 32.2. The van der Waals surface area contributed by atoms with Gasteiger partial charge in [0, 0.05) is 16.8 Å². The van der Waals surface area contributed by atoms with Crippen molar-refractivity contribution in [2.24, 2.45) is 5.10 Å². The van der Waals surface area contributed by atoms with Crippen LogP contribution in [0.1, 0.15) is 15.9 Å². The molecule has 10 heteroatoms. The van der Waals surface area contributed by atoms with E-state index < -0.39 is 5.97 Å². The number of carbonyl (C=O) groups excluding carboxylic acids is 1. The van der Waals surface area contributed by atoms with E-state index in [0.29, 0.717) is 16.5 Å². The lowest BCUT2D eigenvalue weighted by molar-refractivity contribution is -0.118. The first kappa shape index (κ1) is 23.7. The number of aromatic nitrogens is 3. The molecule has 4 rings (SSSR count). The third kappa shape index (κ3) is 5.74. The van der Waals surface area contributed by atoms with E-state index in [0.717, 1.165) is 17.0 Å². The average molecular weight is 488 g/mol. The topological polar surface area (TPSA) is 119 Å². The zero-order valence-corrected chi connectivity index (χ0v) is 19.5. The average Bonchev–Trinajstić information content (AvgIpc) is 3.32. The number of carboxylic acid groups (broad SMARTS) is 1. The van der Waals surface area contributed by atoms with Gasteiger partial charge in [-0.25, -0.2) is 10.2 Å². The number of hydrogen-bond donors (Lipinski definition) is 2. The van der Waals surface area contributed by atoms with Crippen molar-refractivity contribution in [1.29, 1.82) is 0 Å². The highest BCUT2D eigenvalue weighted by Gasteiger charge is 2.17. The van der Waals surface area contributed by atoms with Crippen LogP contribution in [-0.4, -0.2) is 50.8 Å². The molecule has 0 spiro atoms. The highest BCUT2D eigenvalue weighted by Crippen LogP contribution is 2.28. The van der Waals surface area contributed by atoms with Gasteiger partial charge in [-0.2, -0.15) is 5.10 Å². The fourth-order valence-electron chi connectivity index (χ4n) is 3.24. The van der Waals surface area contributed by atoms with Gasteiger partial charge >= 0.3 is 5.97 Å². The smallest absolute Gasteiger partial charge is 0.336 e. The predicted octanol–water partition coefficient (Wildman–Crippen LogP) is 3.88. The predicted molar refractivity (Wildman–Crippen MR) is 133 cm³/mol. The van der Waals surface area contributed by atoms with Gasteiger partial charge in [-0.3, -0.25) is 9.36 Å². The normalized spacial score (nSPS) is 10.9. The summed E-state index contributed by atoms with van der Waals surface area (Å²) in [5.41, 5.74) is 4.62. The van der Waals surface area contributed by atoms with Gasteiger partial charge in [0.15, 0.2) is 11.0 Å². The van der Waals surface area contributed by atoms with Crippen LogP contribution in [0.25, 0.3) is 17.1 Å². The maximum absolute atomic E-state index is 12.4.